The minimum atomic E-state index is -0.451. The zero-order valence-electron chi connectivity index (χ0n) is 18.6. The molecule has 10 nitrogen and oxygen atoms in total. The average Bonchev–Trinajstić information content (AvgIpc) is 3.23. The third-order valence-electron chi connectivity index (χ3n) is 5.35. The van der Waals surface area contributed by atoms with Gasteiger partial charge in [-0.25, -0.2) is 9.37 Å². The van der Waals surface area contributed by atoms with Gasteiger partial charge >= 0.3 is 0 Å². The summed E-state index contributed by atoms with van der Waals surface area (Å²) >= 11 is 0. The van der Waals surface area contributed by atoms with Crippen LogP contribution in [0.3, 0.4) is 0 Å². The number of anilines is 4. The summed E-state index contributed by atoms with van der Waals surface area (Å²) in [6.45, 7) is 1.96. The van der Waals surface area contributed by atoms with Crippen molar-refractivity contribution in [3.05, 3.63) is 65.9 Å². The van der Waals surface area contributed by atoms with Crippen molar-refractivity contribution in [2.45, 2.75) is 13.0 Å². The van der Waals surface area contributed by atoms with Crippen molar-refractivity contribution in [1.29, 1.82) is 0 Å². The number of carbonyl (C=O) groups is 1. The predicted molar refractivity (Wildman–Crippen MR) is 124 cm³/mol. The number of ether oxygens (including phenoxy) is 1. The van der Waals surface area contributed by atoms with Gasteiger partial charge in [0.25, 0.3) is 5.91 Å². The monoisotopic (exact) mass is 460 g/mol. The summed E-state index contributed by atoms with van der Waals surface area (Å²) in [5, 5.41) is 21.5. The molecule has 1 aliphatic heterocycles. The van der Waals surface area contributed by atoms with Crippen LogP contribution in [0.25, 0.3) is 11.3 Å². The second-order valence-corrected chi connectivity index (χ2v) is 7.73. The first-order chi connectivity index (χ1) is 16.4. The van der Waals surface area contributed by atoms with Crippen molar-refractivity contribution >= 4 is 28.9 Å². The minimum Gasteiger partial charge on any atom is -0.483 e. The van der Waals surface area contributed by atoms with Crippen molar-refractivity contribution < 1.29 is 13.9 Å². The Labute approximate surface area is 194 Å². The largest absolute Gasteiger partial charge is 0.483 e. The fourth-order valence-corrected chi connectivity index (χ4v) is 3.76. The highest BCUT2D eigenvalue weighted by atomic mass is 19.1. The number of hydrogen-bond donors (Lipinski definition) is 3. The fourth-order valence-electron chi connectivity index (χ4n) is 3.76. The molecule has 0 saturated carbocycles. The normalized spacial score (nSPS) is 13.9. The van der Waals surface area contributed by atoms with Gasteiger partial charge < -0.3 is 20.7 Å². The summed E-state index contributed by atoms with van der Waals surface area (Å²) in [6.07, 6.45) is 2.84. The summed E-state index contributed by atoms with van der Waals surface area (Å²) in [4.78, 5) is 16.4. The van der Waals surface area contributed by atoms with Gasteiger partial charge in [-0.2, -0.15) is 5.10 Å². The highest BCUT2D eigenvalue weighted by molar-refractivity contribution is 5.99. The molecule has 3 N–H and O–H groups in total. The van der Waals surface area contributed by atoms with Crippen molar-refractivity contribution in [2.24, 2.45) is 7.05 Å². The number of pyridine rings is 1. The second-order valence-electron chi connectivity index (χ2n) is 7.73. The maximum absolute atomic E-state index is 13.2. The number of nitrogens with zero attached hydrogens (tertiary/aromatic N) is 5. The van der Waals surface area contributed by atoms with Gasteiger partial charge in [0.05, 0.1) is 17.6 Å². The quantitative estimate of drug-likeness (QED) is 0.412. The summed E-state index contributed by atoms with van der Waals surface area (Å²) in [6, 6.07) is 10.1. The van der Waals surface area contributed by atoms with E-state index in [1.807, 2.05) is 38.4 Å². The number of amides is 1. The lowest BCUT2D eigenvalue weighted by Gasteiger charge is -2.25. The summed E-state index contributed by atoms with van der Waals surface area (Å²) in [5.74, 6) is 0.461. The molecule has 0 saturated heterocycles. The molecule has 4 aromatic rings. The Morgan fingerprint density at radius 1 is 1.12 bits per heavy atom. The lowest BCUT2D eigenvalue weighted by Crippen LogP contribution is -2.21. The maximum atomic E-state index is 13.2. The molecule has 34 heavy (non-hydrogen) atoms. The number of rotatable bonds is 5. The zero-order chi connectivity index (χ0) is 23.8. The lowest BCUT2D eigenvalue weighted by atomic mass is 10.00. The van der Waals surface area contributed by atoms with E-state index in [9.17, 15) is 9.18 Å². The smallest absolute Gasteiger partial charge is 0.273 e. The van der Waals surface area contributed by atoms with Crippen LogP contribution in [0.4, 0.5) is 27.4 Å². The van der Waals surface area contributed by atoms with Crippen molar-refractivity contribution in [2.75, 3.05) is 17.7 Å². The van der Waals surface area contributed by atoms with Gasteiger partial charge in [0.1, 0.15) is 23.4 Å². The Hall–Kier alpha value is -4.54. The van der Waals surface area contributed by atoms with Gasteiger partial charge in [-0.15, -0.1) is 10.2 Å². The van der Waals surface area contributed by atoms with Crippen molar-refractivity contribution in [1.82, 2.24) is 30.3 Å². The molecule has 3 aromatic heterocycles. The van der Waals surface area contributed by atoms with Gasteiger partial charge in [0, 0.05) is 37.5 Å². The number of hydrogen-bond acceptors (Lipinski definition) is 8. The fraction of sp³-hybridized carbons (Fsp3) is 0.174. The van der Waals surface area contributed by atoms with Crippen LogP contribution in [0.2, 0.25) is 0 Å². The van der Waals surface area contributed by atoms with Crippen LogP contribution < -0.4 is 20.7 Å². The average molecular weight is 460 g/mol. The molecule has 1 amide bonds. The molecule has 1 aliphatic rings. The Morgan fingerprint density at radius 3 is 2.74 bits per heavy atom. The number of fused-ring (bicyclic) bond motifs is 3. The summed E-state index contributed by atoms with van der Waals surface area (Å²) in [5.41, 5.74) is 3.84. The third-order valence-corrected chi connectivity index (χ3v) is 5.35. The number of halogens is 1. The number of nitrogens with one attached hydrogen (secondary N) is 3. The minimum absolute atomic E-state index is 0.0973. The Kier molecular flexibility index (Phi) is 5.28. The van der Waals surface area contributed by atoms with E-state index in [0.717, 1.165) is 23.0 Å². The van der Waals surface area contributed by atoms with Crippen LogP contribution in [-0.4, -0.2) is 37.9 Å². The molecule has 0 spiro atoms. The summed E-state index contributed by atoms with van der Waals surface area (Å²) in [7, 11) is 3.38. The molecule has 1 atom stereocenters. The molecular weight excluding hydrogens is 439 g/mol. The zero-order valence-corrected chi connectivity index (χ0v) is 18.6. The lowest BCUT2D eigenvalue weighted by molar-refractivity contribution is 0.0958. The van der Waals surface area contributed by atoms with E-state index >= 15 is 0 Å². The Morgan fingerprint density at radius 2 is 1.97 bits per heavy atom. The van der Waals surface area contributed by atoms with Gasteiger partial charge in [0.15, 0.2) is 17.3 Å². The van der Waals surface area contributed by atoms with Crippen LogP contribution in [-0.2, 0) is 7.05 Å². The molecule has 0 radical (unpaired) electrons. The predicted octanol–water partition coefficient (Wildman–Crippen LogP) is 3.71. The highest BCUT2D eigenvalue weighted by Crippen LogP contribution is 2.46. The van der Waals surface area contributed by atoms with Crippen LogP contribution in [0.5, 0.6) is 5.75 Å². The van der Waals surface area contributed by atoms with Gasteiger partial charge in [0.2, 0.25) is 0 Å². The number of aryl methyl sites for hydroxylation is 1. The molecule has 5 rings (SSSR count). The van der Waals surface area contributed by atoms with Gasteiger partial charge in [-0.1, -0.05) is 6.07 Å². The molecule has 0 bridgehead atoms. The van der Waals surface area contributed by atoms with E-state index in [1.54, 1.807) is 10.7 Å². The van der Waals surface area contributed by atoms with Crippen LogP contribution in [0.15, 0.2) is 48.8 Å². The van der Waals surface area contributed by atoms with Crippen LogP contribution >= 0.6 is 0 Å². The SMILES string of the molecule is CNC(=O)c1nnc(Nc2ccc(F)cn2)cc1Nc1cccc2c1OC(C)c1cn(C)nc1-2. The number of para-hydroxylation sites is 1. The van der Waals surface area contributed by atoms with E-state index in [0.29, 0.717) is 28.8 Å². The Bertz CT molecular complexity index is 1390. The van der Waals surface area contributed by atoms with E-state index in [-0.39, 0.29) is 11.8 Å². The van der Waals surface area contributed by atoms with Crippen molar-refractivity contribution in [3.8, 4) is 17.0 Å². The topological polar surface area (TPSA) is 119 Å². The van der Waals surface area contributed by atoms with E-state index in [2.05, 4.69) is 36.2 Å². The Balaban J connectivity index is 1.54. The first-order valence-corrected chi connectivity index (χ1v) is 10.5. The molecule has 0 fully saturated rings. The summed E-state index contributed by atoms with van der Waals surface area (Å²) < 4.78 is 21.2. The molecule has 172 valence electrons. The molecule has 11 heteroatoms. The molecule has 1 unspecified atom stereocenters. The molecule has 0 aliphatic carbocycles. The van der Waals surface area contributed by atoms with Gasteiger partial charge in [-0.3, -0.25) is 9.48 Å². The first-order valence-electron chi connectivity index (χ1n) is 10.5. The molecule has 1 aromatic carbocycles. The number of benzene rings is 1. The third kappa shape index (κ3) is 3.87. The van der Waals surface area contributed by atoms with Gasteiger partial charge in [-0.05, 0) is 31.2 Å². The van der Waals surface area contributed by atoms with E-state index in [4.69, 9.17) is 4.74 Å². The van der Waals surface area contributed by atoms with E-state index in [1.165, 1.54) is 19.2 Å². The molecular formula is C23H21FN8O2. The second kappa shape index (κ2) is 8.43. The maximum Gasteiger partial charge on any atom is 0.273 e. The first kappa shape index (κ1) is 21.3. The molecule has 4 heterocycles. The number of aromatic nitrogens is 5. The standard InChI is InChI=1S/C23H21FN8O2/c1-12-15-11-32(3)31-20(15)14-5-4-6-16(22(14)34-12)27-17-9-19(29-30-21(17)23(33)25-2)28-18-8-7-13(24)10-26-18/h4-12H,1-3H3,(H,25,33)(H2,26,27,28,29). The van der Waals surface area contributed by atoms with Crippen LogP contribution in [0, 0.1) is 5.82 Å². The van der Waals surface area contributed by atoms with Crippen LogP contribution in [0.1, 0.15) is 29.1 Å². The highest BCUT2D eigenvalue weighted by Gasteiger charge is 2.28. The van der Waals surface area contributed by atoms with Crippen molar-refractivity contribution in [3.63, 3.8) is 0 Å². The number of carbonyl (C=O) groups excluding carboxylic acids is 1. The van der Waals surface area contributed by atoms with E-state index < -0.39 is 11.7 Å².